The Morgan fingerprint density at radius 3 is 2.39 bits per heavy atom. The van der Waals surface area contributed by atoms with Crippen molar-refractivity contribution in [1.82, 2.24) is 9.88 Å². The molecule has 0 aliphatic heterocycles. The van der Waals surface area contributed by atoms with Gasteiger partial charge in [0.05, 0.1) is 6.42 Å². The van der Waals surface area contributed by atoms with Crippen molar-refractivity contribution >= 4 is 28.4 Å². The highest BCUT2D eigenvalue weighted by Crippen LogP contribution is 2.23. The number of anilines is 1. The van der Waals surface area contributed by atoms with Crippen molar-refractivity contribution in [3.8, 4) is 0 Å². The fraction of sp³-hybridized carbons (Fsp3) is 0.120. The first kappa shape index (κ1) is 20.3. The van der Waals surface area contributed by atoms with Crippen molar-refractivity contribution < 1.29 is 14.0 Å². The third-order valence-corrected chi connectivity index (χ3v) is 5.13. The first-order valence-corrected chi connectivity index (χ1v) is 9.95. The van der Waals surface area contributed by atoms with Gasteiger partial charge in [0.2, 0.25) is 5.91 Å². The molecule has 0 saturated heterocycles. The molecule has 6 heteroatoms. The van der Waals surface area contributed by atoms with Gasteiger partial charge < -0.3 is 15.2 Å². The van der Waals surface area contributed by atoms with Crippen LogP contribution in [0, 0.1) is 5.82 Å². The molecule has 0 fully saturated rings. The molecule has 5 nitrogen and oxygen atoms in total. The van der Waals surface area contributed by atoms with Gasteiger partial charge in [0, 0.05) is 30.2 Å². The minimum Gasteiger partial charge on any atom is -0.347 e. The lowest BCUT2D eigenvalue weighted by Crippen LogP contribution is -2.24. The largest absolute Gasteiger partial charge is 0.347 e. The average molecular weight is 415 g/mol. The van der Waals surface area contributed by atoms with Crippen molar-refractivity contribution in [2.75, 3.05) is 5.32 Å². The summed E-state index contributed by atoms with van der Waals surface area (Å²) >= 11 is 0. The third kappa shape index (κ3) is 4.80. The molecule has 1 aromatic heterocycles. The van der Waals surface area contributed by atoms with Gasteiger partial charge in [-0.1, -0.05) is 42.5 Å². The third-order valence-electron chi connectivity index (χ3n) is 5.13. The van der Waals surface area contributed by atoms with Gasteiger partial charge >= 0.3 is 0 Å². The van der Waals surface area contributed by atoms with Gasteiger partial charge in [0.1, 0.15) is 11.5 Å². The number of rotatable bonds is 6. The molecular formula is C25H22FN3O2. The molecule has 0 bridgehead atoms. The fourth-order valence-corrected chi connectivity index (χ4v) is 3.51. The number of hydrogen-bond acceptors (Lipinski definition) is 2. The number of carbonyl (C=O) groups is 2. The van der Waals surface area contributed by atoms with Gasteiger partial charge in [0.15, 0.2) is 0 Å². The van der Waals surface area contributed by atoms with E-state index in [1.807, 2.05) is 60.1 Å². The predicted octanol–water partition coefficient (Wildman–Crippen LogP) is 4.43. The summed E-state index contributed by atoms with van der Waals surface area (Å²) in [5.74, 6) is -0.686. The average Bonchev–Trinajstić information content (AvgIpc) is 3.10. The van der Waals surface area contributed by atoms with Crippen molar-refractivity contribution in [2.24, 2.45) is 7.05 Å². The molecule has 0 saturated carbocycles. The molecule has 0 atom stereocenters. The Morgan fingerprint density at radius 1 is 0.903 bits per heavy atom. The highest BCUT2D eigenvalue weighted by atomic mass is 19.1. The van der Waals surface area contributed by atoms with Gasteiger partial charge in [-0.3, -0.25) is 9.59 Å². The van der Waals surface area contributed by atoms with Crippen LogP contribution in [0.2, 0.25) is 0 Å². The number of hydrogen-bond donors (Lipinski definition) is 2. The van der Waals surface area contributed by atoms with E-state index in [4.69, 9.17) is 0 Å². The van der Waals surface area contributed by atoms with Gasteiger partial charge in [-0.15, -0.1) is 0 Å². The Bertz CT molecular complexity index is 1230. The van der Waals surface area contributed by atoms with E-state index in [1.165, 1.54) is 12.1 Å². The van der Waals surface area contributed by atoms with E-state index >= 15 is 0 Å². The van der Waals surface area contributed by atoms with Crippen LogP contribution >= 0.6 is 0 Å². The predicted molar refractivity (Wildman–Crippen MR) is 119 cm³/mol. The number of amides is 2. The molecular weight excluding hydrogens is 393 g/mol. The van der Waals surface area contributed by atoms with E-state index in [9.17, 15) is 14.0 Å². The van der Waals surface area contributed by atoms with E-state index in [2.05, 4.69) is 10.6 Å². The SMILES string of the molecule is Cn1c(C(=O)NCc2ccccc2)cc2cc(NC(=O)Cc3ccc(F)cc3)ccc21. The van der Waals surface area contributed by atoms with Crippen LogP contribution in [0.3, 0.4) is 0 Å². The molecule has 4 aromatic rings. The minimum atomic E-state index is -0.331. The minimum absolute atomic E-state index is 0.153. The van der Waals surface area contributed by atoms with Crippen molar-refractivity contribution in [2.45, 2.75) is 13.0 Å². The van der Waals surface area contributed by atoms with E-state index in [1.54, 1.807) is 18.2 Å². The zero-order chi connectivity index (χ0) is 21.8. The molecule has 0 radical (unpaired) electrons. The van der Waals surface area contributed by atoms with Crippen LogP contribution in [0.25, 0.3) is 10.9 Å². The maximum atomic E-state index is 13.0. The van der Waals surface area contributed by atoms with E-state index in [0.29, 0.717) is 17.9 Å². The number of benzene rings is 3. The Kier molecular flexibility index (Phi) is 5.80. The van der Waals surface area contributed by atoms with Crippen molar-refractivity contribution in [3.63, 3.8) is 0 Å². The van der Waals surface area contributed by atoms with Gasteiger partial charge in [0.25, 0.3) is 5.91 Å². The summed E-state index contributed by atoms with van der Waals surface area (Å²) in [5.41, 5.74) is 3.83. The lowest BCUT2D eigenvalue weighted by Gasteiger charge is -2.07. The van der Waals surface area contributed by atoms with Crippen LogP contribution < -0.4 is 10.6 Å². The molecule has 2 N–H and O–H groups in total. The Balaban J connectivity index is 1.45. The summed E-state index contributed by atoms with van der Waals surface area (Å²) in [6, 6.07) is 22.9. The monoisotopic (exact) mass is 415 g/mol. The maximum absolute atomic E-state index is 13.0. The van der Waals surface area contributed by atoms with Gasteiger partial charge in [-0.25, -0.2) is 4.39 Å². The van der Waals surface area contributed by atoms with E-state index < -0.39 is 0 Å². The van der Waals surface area contributed by atoms with Gasteiger partial charge in [-0.2, -0.15) is 0 Å². The van der Waals surface area contributed by atoms with Crippen LogP contribution in [0.15, 0.2) is 78.9 Å². The van der Waals surface area contributed by atoms with Crippen LogP contribution in [-0.2, 0) is 24.8 Å². The fourth-order valence-electron chi connectivity index (χ4n) is 3.51. The summed E-state index contributed by atoms with van der Waals surface area (Å²) in [6.45, 7) is 0.450. The summed E-state index contributed by atoms with van der Waals surface area (Å²) in [5, 5.41) is 6.65. The number of halogens is 1. The normalized spacial score (nSPS) is 10.8. The molecule has 31 heavy (non-hydrogen) atoms. The number of aryl methyl sites for hydroxylation is 1. The molecule has 3 aromatic carbocycles. The number of aromatic nitrogens is 1. The topological polar surface area (TPSA) is 63.1 Å². The number of carbonyl (C=O) groups excluding carboxylic acids is 2. The highest BCUT2D eigenvalue weighted by molar-refractivity contribution is 6.00. The molecule has 0 unspecified atom stereocenters. The second kappa shape index (κ2) is 8.83. The summed E-state index contributed by atoms with van der Waals surface area (Å²) in [4.78, 5) is 25.0. The Labute approximate surface area is 179 Å². The Hall–Kier alpha value is -3.93. The van der Waals surface area contributed by atoms with Crippen LogP contribution in [0.4, 0.5) is 10.1 Å². The second-order valence-electron chi connectivity index (χ2n) is 7.38. The summed E-state index contributed by atoms with van der Waals surface area (Å²) in [6.07, 6.45) is 0.153. The van der Waals surface area contributed by atoms with Crippen molar-refractivity contribution in [3.05, 3.63) is 102 Å². The zero-order valence-corrected chi connectivity index (χ0v) is 17.1. The standard InChI is InChI=1S/C25H22FN3O2/c1-29-22-12-11-21(28-24(30)13-17-7-9-20(26)10-8-17)14-19(22)15-23(29)25(31)27-16-18-5-3-2-4-6-18/h2-12,14-15H,13,16H2,1H3,(H,27,31)(H,28,30). The maximum Gasteiger partial charge on any atom is 0.268 e. The lowest BCUT2D eigenvalue weighted by molar-refractivity contribution is -0.115. The number of nitrogens with zero attached hydrogens (tertiary/aromatic N) is 1. The quantitative estimate of drug-likeness (QED) is 0.489. The molecule has 1 heterocycles. The molecule has 2 amide bonds. The first-order chi connectivity index (χ1) is 15.0. The molecule has 0 aliphatic rings. The first-order valence-electron chi connectivity index (χ1n) is 9.95. The lowest BCUT2D eigenvalue weighted by atomic mass is 10.1. The van der Waals surface area contributed by atoms with Gasteiger partial charge in [-0.05, 0) is 47.5 Å². The number of fused-ring (bicyclic) bond motifs is 1. The summed E-state index contributed by atoms with van der Waals surface area (Å²) < 4.78 is 14.8. The van der Waals surface area contributed by atoms with Crippen LogP contribution in [-0.4, -0.2) is 16.4 Å². The zero-order valence-electron chi connectivity index (χ0n) is 17.1. The molecule has 0 spiro atoms. The molecule has 0 aliphatic carbocycles. The molecule has 4 rings (SSSR count). The highest BCUT2D eigenvalue weighted by Gasteiger charge is 2.14. The van der Waals surface area contributed by atoms with Crippen LogP contribution in [0.1, 0.15) is 21.6 Å². The van der Waals surface area contributed by atoms with Crippen molar-refractivity contribution in [1.29, 1.82) is 0 Å². The molecule has 156 valence electrons. The smallest absolute Gasteiger partial charge is 0.268 e. The number of nitrogens with one attached hydrogen (secondary N) is 2. The second-order valence-corrected chi connectivity index (χ2v) is 7.38. The van der Waals surface area contributed by atoms with E-state index in [-0.39, 0.29) is 24.1 Å². The summed E-state index contributed by atoms with van der Waals surface area (Å²) in [7, 11) is 1.84. The van der Waals surface area contributed by atoms with Crippen LogP contribution in [0.5, 0.6) is 0 Å². The Morgan fingerprint density at radius 2 is 1.65 bits per heavy atom. The van der Waals surface area contributed by atoms with E-state index in [0.717, 1.165) is 22.0 Å².